The van der Waals surface area contributed by atoms with Crippen molar-refractivity contribution in [3.05, 3.63) is 71.8 Å². The molecule has 0 fully saturated rings. The number of hydroxylamine groups is 1. The number of phenolic OH excluding ortho intramolecular Hbond substituents is 1. The van der Waals surface area contributed by atoms with Gasteiger partial charge in [0.15, 0.2) is 0 Å². The number of aromatic hydroxyl groups is 1. The van der Waals surface area contributed by atoms with Crippen molar-refractivity contribution in [2.45, 2.75) is 12.5 Å². The zero-order chi connectivity index (χ0) is 16.2. The first-order valence-electron chi connectivity index (χ1n) is 7.33. The predicted octanol–water partition coefficient (Wildman–Crippen LogP) is 2.58. The minimum atomic E-state index is -0.899. The van der Waals surface area contributed by atoms with Gasteiger partial charge in [-0.3, -0.25) is 15.1 Å². The van der Waals surface area contributed by atoms with Crippen molar-refractivity contribution in [3.8, 4) is 5.75 Å². The second-order valence-electron chi connectivity index (χ2n) is 5.45. The lowest BCUT2D eigenvalue weighted by Gasteiger charge is -2.16. The van der Waals surface area contributed by atoms with Crippen LogP contribution in [-0.4, -0.2) is 22.3 Å². The third kappa shape index (κ3) is 3.52. The highest BCUT2D eigenvalue weighted by atomic mass is 16.7. The Morgan fingerprint density at radius 2 is 1.83 bits per heavy atom. The first-order chi connectivity index (χ1) is 11.1. The minimum Gasteiger partial charge on any atom is -0.508 e. The number of hydrogen-bond acceptors (Lipinski definition) is 4. The molecule has 0 aromatic heterocycles. The molecule has 2 unspecified atom stereocenters. The average molecular weight is 311 g/mol. The second-order valence-corrected chi connectivity index (χ2v) is 5.45. The van der Waals surface area contributed by atoms with E-state index in [0.717, 1.165) is 11.1 Å². The zero-order valence-corrected chi connectivity index (χ0v) is 12.3. The lowest BCUT2D eigenvalue weighted by atomic mass is 9.93. The normalized spacial score (nSPS) is 18.1. The Hall–Kier alpha value is -2.79. The highest BCUT2D eigenvalue weighted by Crippen LogP contribution is 2.26. The Morgan fingerprint density at radius 3 is 2.48 bits per heavy atom. The van der Waals surface area contributed by atoms with E-state index in [2.05, 4.69) is 5.48 Å². The third-order valence-electron chi connectivity index (χ3n) is 3.83. The van der Waals surface area contributed by atoms with E-state index in [1.165, 1.54) is 0 Å². The van der Waals surface area contributed by atoms with Crippen LogP contribution >= 0.6 is 0 Å². The molecule has 5 heteroatoms. The number of phenols is 1. The van der Waals surface area contributed by atoms with Gasteiger partial charge in [-0.1, -0.05) is 30.3 Å². The van der Waals surface area contributed by atoms with E-state index in [-0.39, 0.29) is 5.75 Å². The maximum absolute atomic E-state index is 11.6. The summed E-state index contributed by atoms with van der Waals surface area (Å²) in [5.41, 5.74) is 5.26. The van der Waals surface area contributed by atoms with Crippen LogP contribution in [0.15, 0.2) is 60.7 Å². The van der Waals surface area contributed by atoms with Crippen molar-refractivity contribution >= 4 is 11.7 Å². The Morgan fingerprint density at radius 1 is 1.13 bits per heavy atom. The fraction of sp³-hybridized carbons (Fsp3) is 0.167. The molecular formula is C18H17NO4. The van der Waals surface area contributed by atoms with Gasteiger partial charge in [0.1, 0.15) is 11.9 Å². The lowest BCUT2D eigenvalue weighted by molar-refractivity contribution is -0.146. The molecule has 118 valence electrons. The summed E-state index contributed by atoms with van der Waals surface area (Å²) in [4.78, 5) is 17.1. The van der Waals surface area contributed by atoms with E-state index in [9.17, 15) is 15.0 Å². The van der Waals surface area contributed by atoms with Gasteiger partial charge in [-0.15, -0.1) is 0 Å². The number of rotatable bonds is 5. The molecule has 1 aliphatic rings. The lowest BCUT2D eigenvalue weighted by Crippen LogP contribution is -2.30. The van der Waals surface area contributed by atoms with Gasteiger partial charge in [0.05, 0.1) is 11.6 Å². The van der Waals surface area contributed by atoms with Crippen molar-refractivity contribution in [2.75, 3.05) is 0 Å². The number of carboxylic acids is 1. The molecule has 0 amide bonds. The van der Waals surface area contributed by atoms with Crippen LogP contribution in [0.3, 0.4) is 0 Å². The number of carbonyl (C=O) groups is 1. The van der Waals surface area contributed by atoms with Gasteiger partial charge >= 0.3 is 5.97 Å². The molecule has 5 nitrogen and oxygen atoms in total. The number of aliphatic carboxylic acids is 1. The molecule has 1 aliphatic heterocycles. The molecule has 3 N–H and O–H groups in total. The fourth-order valence-corrected chi connectivity index (χ4v) is 2.57. The third-order valence-corrected chi connectivity index (χ3v) is 3.83. The molecule has 1 heterocycles. The maximum Gasteiger partial charge on any atom is 0.309 e. The maximum atomic E-state index is 11.6. The van der Waals surface area contributed by atoms with Crippen LogP contribution in [0.4, 0.5) is 0 Å². The minimum absolute atomic E-state index is 0.178. The van der Waals surface area contributed by atoms with Crippen LogP contribution < -0.4 is 5.48 Å². The molecule has 0 aliphatic carbocycles. The molecule has 0 saturated carbocycles. The fourth-order valence-electron chi connectivity index (χ4n) is 2.57. The summed E-state index contributed by atoms with van der Waals surface area (Å²) in [6.45, 7) is 0. The van der Waals surface area contributed by atoms with Crippen LogP contribution in [0.1, 0.15) is 11.1 Å². The van der Waals surface area contributed by atoms with Crippen molar-refractivity contribution < 1.29 is 19.8 Å². The highest BCUT2D eigenvalue weighted by molar-refractivity contribution is 5.73. The highest BCUT2D eigenvalue weighted by Gasteiger charge is 2.32. The van der Waals surface area contributed by atoms with E-state index >= 15 is 0 Å². The number of nitrogens with one attached hydrogen (secondary N) is 1. The number of benzene rings is 2. The molecular weight excluding hydrogens is 294 g/mol. The Labute approximate surface area is 133 Å². The SMILES string of the molecule is O=C(O)C(Cc1ccccc1)C1C=C(c2ccc(O)cc2)NO1. The van der Waals surface area contributed by atoms with E-state index in [0.29, 0.717) is 12.1 Å². The molecule has 0 radical (unpaired) electrons. The molecule has 3 rings (SSSR count). The summed E-state index contributed by atoms with van der Waals surface area (Å²) >= 11 is 0. The molecule has 2 aromatic carbocycles. The summed E-state index contributed by atoms with van der Waals surface area (Å²) in [5.74, 6) is -1.40. The van der Waals surface area contributed by atoms with E-state index < -0.39 is 18.0 Å². The van der Waals surface area contributed by atoms with Crippen LogP contribution in [0.5, 0.6) is 5.75 Å². The number of carboxylic acid groups (broad SMARTS) is 1. The molecule has 2 aromatic rings. The van der Waals surface area contributed by atoms with Gasteiger partial charge in [0, 0.05) is 0 Å². The Balaban J connectivity index is 1.78. The van der Waals surface area contributed by atoms with Crippen LogP contribution in [0.2, 0.25) is 0 Å². The molecule has 0 bridgehead atoms. The van der Waals surface area contributed by atoms with Crippen molar-refractivity contribution in [2.24, 2.45) is 5.92 Å². The summed E-state index contributed by atoms with van der Waals surface area (Å²) in [6, 6.07) is 16.1. The van der Waals surface area contributed by atoms with Gasteiger partial charge < -0.3 is 10.2 Å². The first kappa shape index (κ1) is 15.1. The smallest absolute Gasteiger partial charge is 0.309 e. The van der Waals surface area contributed by atoms with Crippen LogP contribution in [0.25, 0.3) is 5.70 Å². The quantitative estimate of drug-likeness (QED) is 0.791. The summed E-state index contributed by atoms with van der Waals surface area (Å²) < 4.78 is 0. The number of hydrogen-bond donors (Lipinski definition) is 3. The van der Waals surface area contributed by atoms with Gasteiger partial charge in [0.25, 0.3) is 0 Å². The van der Waals surface area contributed by atoms with Crippen molar-refractivity contribution in [1.29, 1.82) is 0 Å². The van der Waals surface area contributed by atoms with Gasteiger partial charge in [-0.25, -0.2) is 0 Å². The first-order valence-corrected chi connectivity index (χ1v) is 7.33. The van der Waals surface area contributed by atoms with Crippen LogP contribution in [-0.2, 0) is 16.1 Å². The van der Waals surface area contributed by atoms with E-state index in [1.54, 1.807) is 30.3 Å². The van der Waals surface area contributed by atoms with Gasteiger partial charge in [0.2, 0.25) is 0 Å². The summed E-state index contributed by atoms with van der Waals surface area (Å²) in [7, 11) is 0. The molecule has 0 saturated heterocycles. The summed E-state index contributed by atoms with van der Waals surface area (Å²) in [6.07, 6.45) is 1.60. The topological polar surface area (TPSA) is 78.8 Å². The van der Waals surface area contributed by atoms with E-state index in [1.807, 2.05) is 30.3 Å². The monoisotopic (exact) mass is 311 g/mol. The van der Waals surface area contributed by atoms with E-state index in [4.69, 9.17) is 4.84 Å². The molecule has 2 atom stereocenters. The van der Waals surface area contributed by atoms with Gasteiger partial charge in [-0.2, -0.15) is 0 Å². The second kappa shape index (κ2) is 6.54. The average Bonchev–Trinajstić information content (AvgIpc) is 3.03. The zero-order valence-electron chi connectivity index (χ0n) is 12.3. The van der Waals surface area contributed by atoms with Crippen LogP contribution in [0, 0.1) is 5.92 Å². The predicted molar refractivity (Wildman–Crippen MR) is 85.4 cm³/mol. The standard InChI is InChI=1S/C18H17NO4/c20-14-8-6-13(7-9-14)16-11-17(23-19-16)15(18(21)22)10-12-4-2-1-3-5-12/h1-9,11,15,17,19-20H,10H2,(H,21,22). The van der Waals surface area contributed by atoms with Crippen molar-refractivity contribution in [1.82, 2.24) is 5.48 Å². The van der Waals surface area contributed by atoms with Gasteiger partial charge in [-0.05, 0) is 47.9 Å². The largest absolute Gasteiger partial charge is 0.508 e. The Bertz CT molecular complexity index is 710. The molecule has 0 spiro atoms. The van der Waals surface area contributed by atoms with Crippen molar-refractivity contribution in [3.63, 3.8) is 0 Å². The Kier molecular flexibility index (Phi) is 4.30. The summed E-state index contributed by atoms with van der Waals surface area (Å²) in [5, 5.41) is 18.8. The molecule has 23 heavy (non-hydrogen) atoms.